The summed E-state index contributed by atoms with van der Waals surface area (Å²) < 4.78 is 3.12. The zero-order valence-corrected chi connectivity index (χ0v) is 19.9. The second-order valence-electron chi connectivity index (χ2n) is 8.98. The molecule has 4 aromatic rings. The number of nitrogens with zero attached hydrogens (tertiary/aromatic N) is 2. The van der Waals surface area contributed by atoms with Crippen LogP contribution in [0, 0.1) is 6.92 Å². The van der Waals surface area contributed by atoms with Gasteiger partial charge >= 0.3 is 0 Å². The highest BCUT2D eigenvalue weighted by Gasteiger charge is 2.23. The monoisotopic (exact) mass is 490 g/mol. The van der Waals surface area contributed by atoms with Crippen molar-refractivity contribution in [2.45, 2.75) is 44.7 Å². The Morgan fingerprint density at radius 3 is 2.66 bits per heavy atom. The first-order valence-corrected chi connectivity index (χ1v) is 11.9. The second kappa shape index (κ2) is 8.34. The molecule has 0 unspecified atom stereocenters. The molecule has 0 aliphatic heterocycles. The molecule has 6 heteroatoms. The van der Waals surface area contributed by atoms with E-state index < -0.39 is 0 Å². The fraction of sp³-hybridized carbons (Fsp3) is 0.308. The van der Waals surface area contributed by atoms with Crippen molar-refractivity contribution >= 4 is 43.6 Å². The van der Waals surface area contributed by atoms with Crippen LogP contribution < -0.4 is 11.1 Å². The summed E-state index contributed by atoms with van der Waals surface area (Å²) in [5, 5.41) is 5.24. The minimum Gasteiger partial charge on any atom is -0.350 e. The number of hydrogen-bond acceptors (Lipinski definition) is 3. The molecule has 0 spiro atoms. The lowest BCUT2D eigenvalue weighted by Crippen LogP contribution is -2.40. The van der Waals surface area contributed by atoms with Gasteiger partial charge in [-0.1, -0.05) is 28.1 Å². The zero-order valence-electron chi connectivity index (χ0n) is 18.4. The summed E-state index contributed by atoms with van der Waals surface area (Å²) in [5.41, 5.74) is 11.6. The molecule has 0 saturated heterocycles. The van der Waals surface area contributed by atoms with E-state index in [0.717, 1.165) is 68.8 Å². The normalized spacial score (nSPS) is 18.9. The molecule has 5 nitrogen and oxygen atoms in total. The maximum absolute atomic E-state index is 13.4. The third-order valence-electron chi connectivity index (χ3n) is 6.54. The number of aromatic nitrogens is 2. The first-order valence-electron chi connectivity index (χ1n) is 11.1. The average molecular weight is 491 g/mol. The SMILES string of the molecule is Cc1ccc2c(C(=O)NC3CCC(N)CC3)cc(-c3cn(C)c4ccc(Br)cc34)nc2c1. The molecule has 3 N–H and O–H groups in total. The first kappa shape index (κ1) is 21.2. The Labute approximate surface area is 196 Å². The van der Waals surface area contributed by atoms with Crippen LogP contribution in [0.15, 0.2) is 53.1 Å². The molecule has 2 aromatic heterocycles. The van der Waals surface area contributed by atoms with Crippen LogP contribution in [-0.4, -0.2) is 27.5 Å². The van der Waals surface area contributed by atoms with Gasteiger partial charge in [-0.25, -0.2) is 4.98 Å². The Morgan fingerprint density at radius 2 is 1.88 bits per heavy atom. The topological polar surface area (TPSA) is 72.9 Å². The van der Waals surface area contributed by atoms with E-state index in [-0.39, 0.29) is 18.0 Å². The molecule has 1 aliphatic carbocycles. The van der Waals surface area contributed by atoms with Crippen molar-refractivity contribution in [2.24, 2.45) is 12.8 Å². The van der Waals surface area contributed by atoms with Gasteiger partial charge in [0.1, 0.15) is 0 Å². The minimum atomic E-state index is -0.0376. The van der Waals surface area contributed by atoms with E-state index in [1.807, 2.05) is 38.2 Å². The fourth-order valence-electron chi connectivity index (χ4n) is 4.76. The number of benzene rings is 2. The van der Waals surface area contributed by atoms with Crippen molar-refractivity contribution in [2.75, 3.05) is 0 Å². The van der Waals surface area contributed by atoms with Crippen LogP contribution in [0.25, 0.3) is 33.1 Å². The number of pyridine rings is 1. The molecule has 1 saturated carbocycles. The van der Waals surface area contributed by atoms with Gasteiger partial charge in [-0.2, -0.15) is 0 Å². The number of amides is 1. The van der Waals surface area contributed by atoms with Crippen molar-refractivity contribution in [3.63, 3.8) is 0 Å². The van der Waals surface area contributed by atoms with E-state index in [1.165, 1.54) is 0 Å². The maximum atomic E-state index is 13.4. The van der Waals surface area contributed by atoms with Crippen LogP contribution in [0.5, 0.6) is 0 Å². The Kier molecular flexibility index (Phi) is 5.51. The Balaban J connectivity index is 1.62. The summed E-state index contributed by atoms with van der Waals surface area (Å²) in [6, 6.07) is 14.7. The van der Waals surface area contributed by atoms with Gasteiger partial charge in [0.25, 0.3) is 5.91 Å². The fourth-order valence-corrected chi connectivity index (χ4v) is 5.12. The zero-order chi connectivity index (χ0) is 22.4. The predicted molar refractivity (Wildman–Crippen MR) is 134 cm³/mol. The Hall–Kier alpha value is -2.70. The molecule has 2 heterocycles. The van der Waals surface area contributed by atoms with Crippen molar-refractivity contribution < 1.29 is 4.79 Å². The summed E-state index contributed by atoms with van der Waals surface area (Å²) in [6.45, 7) is 2.05. The van der Waals surface area contributed by atoms with Gasteiger partial charge in [0.2, 0.25) is 0 Å². The molecule has 1 fully saturated rings. The number of fused-ring (bicyclic) bond motifs is 2. The molecule has 164 valence electrons. The number of halogens is 1. The van der Waals surface area contributed by atoms with Crippen LogP contribution in [0.1, 0.15) is 41.6 Å². The highest BCUT2D eigenvalue weighted by Crippen LogP contribution is 2.33. The molecule has 0 atom stereocenters. The van der Waals surface area contributed by atoms with E-state index in [9.17, 15) is 4.79 Å². The largest absolute Gasteiger partial charge is 0.350 e. The van der Waals surface area contributed by atoms with Crippen LogP contribution in [0.4, 0.5) is 0 Å². The lowest BCUT2D eigenvalue weighted by atomic mass is 9.91. The molecular formula is C26H27BrN4O. The number of rotatable bonds is 3. The van der Waals surface area contributed by atoms with E-state index in [0.29, 0.717) is 5.56 Å². The van der Waals surface area contributed by atoms with Gasteiger partial charge < -0.3 is 15.6 Å². The number of nitrogens with one attached hydrogen (secondary N) is 1. The number of aryl methyl sites for hydroxylation is 2. The van der Waals surface area contributed by atoms with Crippen molar-refractivity contribution in [1.82, 2.24) is 14.9 Å². The van der Waals surface area contributed by atoms with Crippen molar-refractivity contribution in [3.05, 3.63) is 64.3 Å². The van der Waals surface area contributed by atoms with Gasteiger partial charge in [-0.05, 0) is 68.5 Å². The maximum Gasteiger partial charge on any atom is 0.252 e. The number of carbonyl (C=O) groups excluding carboxylic acids is 1. The highest BCUT2D eigenvalue weighted by molar-refractivity contribution is 9.10. The standard InChI is InChI=1S/C26H27BrN4O/c1-15-3-9-19-21(26(32)29-18-7-5-17(28)6-8-18)13-24(30-23(19)11-15)22-14-31(2)25-10-4-16(27)12-20(22)25/h3-4,9-14,17-18H,5-8,28H2,1-2H3,(H,29,32). The highest BCUT2D eigenvalue weighted by atomic mass is 79.9. The van der Waals surface area contributed by atoms with Crippen LogP contribution >= 0.6 is 15.9 Å². The van der Waals surface area contributed by atoms with Crippen LogP contribution in [0.3, 0.4) is 0 Å². The first-order chi connectivity index (χ1) is 15.4. The lowest BCUT2D eigenvalue weighted by molar-refractivity contribution is 0.0927. The number of hydrogen-bond donors (Lipinski definition) is 2. The minimum absolute atomic E-state index is 0.0376. The van der Waals surface area contributed by atoms with Gasteiger partial charge in [0, 0.05) is 51.7 Å². The molecule has 32 heavy (non-hydrogen) atoms. The van der Waals surface area contributed by atoms with Gasteiger partial charge in [-0.3, -0.25) is 4.79 Å². The van der Waals surface area contributed by atoms with Crippen molar-refractivity contribution in [3.8, 4) is 11.3 Å². The number of nitrogens with two attached hydrogens (primary N) is 1. The molecule has 5 rings (SSSR count). The summed E-state index contributed by atoms with van der Waals surface area (Å²) in [6.07, 6.45) is 5.86. The summed E-state index contributed by atoms with van der Waals surface area (Å²) >= 11 is 3.59. The average Bonchev–Trinajstić information content (AvgIpc) is 3.09. The molecule has 1 aliphatic rings. The Morgan fingerprint density at radius 1 is 1.09 bits per heavy atom. The van der Waals surface area contributed by atoms with Crippen molar-refractivity contribution in [1.29, 1.82) is 0 Å². The summed E-state index contributed by atoms with van der Waals surface area (Å²) in [7, 11) is 2.03. The third kappa shape index (κ3) is 3.93. The predicted octanol–water partition coefficient (Wildman–Crippen LogP) is 5.46. The third-order valence-corrected chi connectivity index (χ3v) is 7.04. The number of carbonyl (C=O) groups is 1. The quantitative estimate of drug-likeness (QED) is 0.400. The molecular weight excluding hydrogens is 464 g/mol. The lowest BCUT2D eigenvalue weighted by Gasteiger charge is -2.27. The molecule has 2 aromatic carbocycles. The van der Waals surface area contributed by atoms with Gasteiger partial charge in [0.05, 0.1) is 16.8 Å². The summed E-state index contributed by atoms with van der Waals surface area (Å²) in [5.74, 6) is -0.0376. The van der Waals surface area contributed by atoms with E-state index in [4.69, 9.17) is 10.7 Å². The second-order valence-corrected chi connectivity index (χ2v) is 9.89. The molecule has 0 bridgehead atoms. The van der Waals surface area contributed by atoms with E-state index >= 15 is 0 Å². The van der Waals surface area contributed by atoms with Gasteiger partial charge in [-0.15, -0.1) is 0 Å². The van der Waals surface area contributed by atoms with E-state index in [1.54, 1.807) is 0 Å². The molecule has 1 amide bonds. The smallest absolute Gasteiger partial charge is 0.252 e. The summed E-state index contributed by atoms with van der Waals surface area (Å²) in [4.78, 5) is 18.4. The van der Waals surface area contributed by atoms with Crippen LogP contribution in [0.2, 0.25) is 0 Å². The Bertz CT molecular complexity index is 1330. The molecule has 0 radical (unpaired) electrons. The van der Waals surface area contributed by atoms with E-state index in [2.05, 4.69) is 50.2 Å². The van der Waals surface area contributed by atoms with Gasteiger partial charge in [0.15, 0.2) is 0 Å². The van der Waals surface area contributed by atoms with Crippen LogP contribution in [-0.2, 0) is 7.05 Å².